The predicted octanol–water partition coefficient (Wildman–Crippen LogP) is 4.48. The minimum atomic E-state index is -0.992. The van der Waals surface area contributed by atoms with E-state index in [0.29, 0.717) is 5.69 Å². The maximum atomic E-state index is 12.2. The number of nitro benzene ring substituents is 1. The van der Waals surface area contributed by atoms with E-state index in [1.807, 2.05) is 39.0 Å². The first kappa shape index (κ1) is 20.4. The number of nitro groups is 1. The van der Waals surface area contributed by atoms with Gasteiger partial charge in [0.1, 0.15) is 5.56 Å². The van der Waals surface area contributed by atoms with E-state index in [-0.39, 0.29) is 16.5 Å². The number of nitrogens with zero attached hydrogens (tertiary/aromatic N) is 1. The van der Waals surface area contributed by atoms with Crippen molar-refractivity contribution in [2.24, 2.45) is 0 Å². The van der Waals surface area contributed by atoms with Crippen LogP contribution in [-0.2, 0) is 9.53 Å². The van der Waals surface area contributed by atoms with Crippen molar-refractivity contribution in [1.82, 2.24) is 0 Å². The van der Waals surface area contributed by atoms with Crippen LogP contribution in [0.2, 0.25) is 5.02 Å². The van der Waals surface area contributed by atoms with Crippen LogP contribution in [0.4, 0.5) is 11.4 Å². The van der Waals surface area contributed by atoms with E-state index in [1.165, 1.54) is 6.07 Å². The fourth-order valence-electron chi connectivity index (χ4n) is 2.56. The third kappa shape index (κ3) is 5.04. The summed E-state index contributed by atoms with van der Waals surface area (Å²) in [7, 11) is 0. The number of ether oxygens (including phenoxy) is 1. The zero-order valence-electron chi connectivity index (χ0n) is 15.1. The summed E-state index contributed by atoms with van der Waals surface area (Å²) in [5, 5.41) is 13.9. The highest BCUT2D eigenvalue weighted by molar-refractivity contribution is 6.31. The molecule has 1 amide bonds. The summed E-state index contributed by atoms with van der Waals surface area (Å²) < 4.78 is 4.93. The molecule has 1 N–H and O–H groups in total. The van der Waals surface area contributed by atoms with Gasteiger partial charge >= 0.3 is 5.97 Å². The summed E-state index contributed by atoms with van der Waals surface area (Å²) in [4.78, 5) is 34.7. The molecule has 0 radical (unpaired) electrons. The van der Waals surface area contributed by atoms with Crippen molar-refractivity contribution in [3.8, 4) is 0 Å². The maximum Gasteiger partial charge on any atom is 0.345 e. The molecule has 8 heteroatoms. The Morgan fingerprint density at radius 3 is 2.59 bits per heavy atom. The summed E-state index contributed by atoms with van der Waals surface area (Å²) in [5.74, 6) is -1.34. The number of hydrogen-bond acceptors (Lipinski definition) is 5. The van der Waals surface area contributed by atoms with Crippen molar-refractivity contribution in [2.45, 2.75) is 26.7 Å². The molecule has 0 saturated carbocycles. The van der Waals surface area contributed by atoms with Crippen molar-refractivity contribution in [3.63, 3.8) is 0 Å². The summed E-state index contributed by atoms with van der Waals surface area (Å²) in [6.07, 6.45) is 0. The van der Waals surface area contributed by atoms with E-state index in [2.05, 4.69) is 5.32 Å². The first-order valence-corrected chi connectivity index (χ1v) is 8.59. The molecule has 0 aliphatic carbocycles. The first-order valence-electron chi connectivity index (χ1n) is 8.21. The van der Waals surface area contributed by atoms with Crippen molar-refractivity contribution < 1.29 is 19.2 Å². The normalized spacial score (nSPS) is 10.6. The fourth-order valence-corrected chi connectivity index (χ4v) is 2.73. The van der Waals surface area contributed by atoms with Crippen LogP contribution in [0.25, 0.3) is 0 Å². The largest absolute Gasteiger partial charge is 0.452 e. The van der Waals surface area contributed by atoms with Gasteiger partial charge in [-0.2, -0.15) is 0 Å². The van der Waals surface area contributed by atoms with Crippen molar-refractivity contribution in [2.75, 3.05) is 11.9 Å². The Morgan fingerprint density at radius 2 is 1.96 bits per heavy atom. The fraction of sp³-hybridized carbons (Fsp3) is 0.263. The number of amides is 1. The zero-order valence-corrected chi connectivity index (χ0v) is 15.9. The second-order valence-electron chi connectivity index (χ2n) is 6.24. The Bertz CT molecular complexity index is 896. The average molecular weight is 391 g/mol. The quantitative estimate of drug-likeness (QED) is 0.445. The smallest absolute Gasteiger partial charge is 0.345 e. The third-order valence-corrected chi connectivity index (χ3v) is 4.14. The van der Waals surface area contributed by atoms with Crippen molar-refractivity contribution >= 4 is 34.9 Å². The highest BCUT2D eigenvalue weighted by atomic mass is 35.5. The van der Waals surface area contributed by atoms with Gasteiger partial charge in [-0.3, -0.25) is 14.9 Å². The molecule has 0 aliphatic rings. The van der Waals surface area contributed by atoms with Crippen LogP contribution >= 0.6 is 11.6 Å². The molecule has 0 fully saturated rings. The van der Waals surface area contributed by atoms with Gasteiger partial charge in [-0.1, -0.05) is 43.6 Å². The van der Waals surface area contributed by atoms with Crippen molar-refractivity contribution in [1.29, 1.82) is 0 Å². The van der Waals surface area contributed by atoms with Gasteiger partial charge in [-0.25, -0.2) is 4.79 Å². The Hall–Kier alpha value is -2.93. The number of hydrogen-bond donors (Lipinski definition) is 1. The molecule has 7 nitrogen and oxygen atoms in total. The lowest BCUT2D eigenvalue weighted by Crippen LogP contribution is -2.22. The van der Waals surface area contributed by atoms with Crippen LogP contribution in [0.5, 0.6) is 0 Å². The van der Waals surface area contributed by atoms with Crippen LogP contribution < -0.4 is 5.32 Å². The van der Waals surface area contributed by atoms with Crippen LogP contribution in [0, 0.1) is 17.0 Å². The van der Waals surface area contributed by atoms with Gasteiger partial charge in [-0.15, -0.1) is 0 Å². The van der Waals surface area contributed by atoms with Gasteiger partial charge < -0.3 is 10.1 Å². The minimum absolute atomic E-state index is 0.151. The number of benzene rings is 2. The number of carbonyl (C=O) groups excluding carboxylic acids is 2. The average Bonchev–Trinajstić information content (AvgIpc) is 2.60. The molecule has 0 unspecified atom stereocenters. The second-order valence-corrected chi connectivity index (χ2v) is 6.67. The molecule has 2 rings (SSSR count). The first-order chi connectivity index (χ1) is 12.7. The molecule has 2 aromatic carbocycles. The topological polar surface area (TPSA) is 98.5 Å². The van der Waals surface area contributed by atoms with E-state index in [1.54, 1.807) is 0 Å². The number of anilines is 1. The monoisotopic (exact) mass is 390 g/mol. The van der Waals surface area contributed by atoms with Crippen LogP contribution in [0.3, 0.4) is 0 Å². The van der Waals surface area contributed by atoms with E-state index < -0.39 is 29.1 Å². The van der Waals surface area contributed by atoms with Gasteiger partial charge in [0.15, 0.2) is 6.61 Å². The molecule has 0 aliphatic heterocycles. The van der Waals surface area contributed by atoms with E-state index in [0.717, 1.165) is 23.3 Å². The van der Waals surface area contributed by atoms with Gasteiger partial charge in [0.05, 0.1) is 4.92 Å². The molecule has 0 aromatic heterocycles. The van der Waals surface area contributed by atoms with E-state index >= 15 is 0 Å². The number of rotatable bonds is 6. The summed E-state index contributed by atoms with van der Waals surface area (Å²) in [6.45, 7) is 5.29. The highest BCUT2D eigenvalue weighted by Crippen LogP contribution is 2.27. The maximum absolute atomic E-state index is 12.2. The molecule has 0 bridgehead atoms. The number of para-hydroxylation sites is 1. The molecule has 0 heterocycles. The van der Waals surface area contributed by atoms with Crippen molar-refractivity contribution in [3.05, 3.63) is 68.2 Å². The standard InChI is InChI=1S/C19H19ClN2O5/c1-11(2)14-6-4-5-12(3)18(14)21-17(23)10-27-19(24)15-9-13(20)7-8-16(15)22(25)26/h4-9,11H,10H2,1-3H3,(H,21,23). The number of nitrogens with one attached hydrogen (secondary N) is 1. The van der Waals surface area contributed by atoms with Gasteiger partial charge in [-0.05, 0) is 36.1 Å². The van der Waals surface area contributed by atoms with Gasteiger partial charge in [0.2, 0.25) is 0 Å². The Morgan fingerprint density at radius 1 is 1.26 bits per heavy atom. The molecular formula is C19H19ClN2O5. The molecular weight excluding hydrogens is 372 g/mol. The van der Waals surface area contributed by atoms with E-state index in [9.17, 15) is 19.7 Å². The molecule has 0 saturated heterocycles. The Labute approximate surface area is 161 Å². The lowest BCUT2D eigenvalue weighted by atomic mass is 9.98. The molecule has 27 heavy (non-hydrogen) atoms. The number of carbonyl (C=O) groups is 2. The van der Waals surface area contributed by atoms with E-state index in [4.69, 9.17) is 16.3 Å². The van der Waals surface area contributed by atoms with Gasteiger partial charge in [0, 0.05) is 16.8 Å². The summed E-state index contributed by atoms with van der Waals surface area (Å²) in [5.41, 5.74) is 1.76. The summed E-state index contributed by atoms with van der Waals surface area (Å²) in [6, 6.07) is 9.23. The Balaban J connectivity index is 2.10. The summed E-state index contributed by atoms with van der Waals surface area (Å²) >= 11 is 5.79. The third-order valence-electron chi connectivity index (χ3n) is 3.90. The lowest BCUT2D eigenvalue weighted by Gasteiger charge is -2.16. The molecule has 0 atom stereocenters. The lowest BCUT2D eigenvalue weighted by molar-refractivity contribution is -0.385. The number of esters is 1. The SMILES string of the molecule is Cc1cccc(C(C)C)c1NC(=O)COC(=O)c1cc(Cl)ccc1[N+](=O)[O-]. The minimum Gasteiger partial charge on any atom is -0.452 e. The molecule has 0 spiro atoms. The van der Waals surface area contributed by atoms with Crippen LogP contribution in [0.15, 0.2) is 36.4 Å². The zero-order chi connectivity index (χ0) is 20.1. The van der Waals surface area contributed by atoms with Crippen LogP contribution in [-0.4, -0.2) is 23.4 Å². The van der Waals surface area contributed by atoms with Crippen LogP contribution in [0.1, 0.15) is 41.3 Å². The molecule has 2 aromatic rings. The molecule has 142 valence electrons. The highest BCUT2D eigenvalue weighted by Gasteiger charge is 2.23. The number of aryl methyl sites for hydroxylation is 1. The van der Waals surface area contributed by atoms with Gasteiger partial charge in [0.25, 0.3) is 11.6 Å². The second kappa shape index (κ2) is 8.64. The number of halogens is 1. The predicted molar refractivity (Wildman–Crippen MR) is 102 cm³/mol. The Kier molecular flexibility index (Phi) is 6.52.